The molecule has 31 heavy (non-hydrogen) atoms. The first-order valence-corrected chi connectivity index (χ1v) is 18.8. The Morgan fingerprint density at radius 3 is 1.06 bits per heavy atom. The van der Waals surface area contributed by atoms with E-state index in [1.165, 1.54) is 38.5 Å². The third-order valence-electron chi connectivity index (χ3n) is 7.15. The zero-order chi connectivity index (χ0) is 23.5. The van der Waals surface area contributed by atoms with Crippen LogP contribution in [-0.4, -0.2) is 41.5 Å². The average Bonchev–Trinajstić information content (AvgIpc) is 2.63. The zero-order valence-corrected chi connectivity index (χ0v) is 24.9. The second kappa shape index (κ2) is 10.7. The second-order valence-electron chi connectivity index (χ2n) is 13.2. The van der Waals surface area contributed by atoms with Gasteiger partial charge in [0.1, 0.15) is 0 Å². The molecule has 0 radical (unpaired) electrons. The third-order valence-corrected chi connectivity index (χ3v) is 8.78. The lowest BCUT2D eigenvalue weighted by Crippen LogP contribution is -2.64. The molecule has 3 nitrogen and oxygen atoms in total. The van der Waals surface area contributed by atoms with Crippen molar-refractivity contribution in [1.29, 1.82) is 0 Å². The Hall–Kier alpha value is 0.314. The van der Waals surface area contributed by atoms with Crippen LogP contribution in [0.4, 0.5) is 0 Å². The van der Waals surface area contributed by atoms with Crippen LogP contribution in [-0.2, 0) is 13.6 Å². The minimum atomic E-state index is -1.21. The Morgan fingerprint density at radius 2 is 0.839 bits per heavy atom. The summed E-state index contributed by atoms with van der Waals surface area (Å²) in [6.07, 6.45) is 12.5. The number of rotatable bonds is 8. The molecule has 2 aliphatic carbocycles. The first kappa shape index (κ1) is 27.6. The summed E-state index contributed by atoms with van der Waals surface area (Å²) in [4.78, 5) is 0. The fraction of sp³-hybridized carbons (Fsp3) is 1.00. The average molecular weight is 471 g/mol. The van der Waals surface area contributed by atoms with E-state index in [1.54, 1.807) is 0 Å². The van der Waals surface area contributed by atoms with Gasteiger partial charge in [0.2, 0.25) is 0 Å². The maximum Gasteiger partial charge on any atom is 0.171 e. The highest BCUT2D eigenvalue weighted by Crippen LogP contribution is 2.51. The Kier molecular flexibility index (Phi) is 9.52. The van der Waals surface area contributed by atoms with Crippen molar-refractivity contribution in [2.45, 2.75) is 155 Å². The molecule has 0 aliphatic heterocycles. The minimum absolute atomic E-state index is 0.0648. The maximum absolute atomic E-state index is 7.68. The molecule has 0 aromatic heterocycles. The SMILES string of the molecule is C[SiH](C)OC(C(C)(C)C)C1(OC2(C(O[SiH](C)C)C(C)(C)C)CCCCC2)CCCCC1. The van der Waals surface area contributed by atoms with Gasteiger partial charge in [-0.1, -0.05) is 80.1 Å². The van der Waals surface area contributed by atoms with Crippen LogP contribution in [0.25, 0.3) is 0 Å². The van der Waals surface area contributed by atoms with Crippen molar-refractivity contribution in [2.24, 2.45) is 10.8 Å². The quantitative estimate of drug-likeness (QED) is 0.350. The number of hydrogen-bond donors (Lipinski definition) is 0. The van der Waals surface area contributed by atoms with E-state index in [0.29, 0.717) is 0 Å². The fourth-order valence-electron chi connectivity index (χ4n) is 6.32. The van der Waals surface area contributed by atoms with Crippen molar-refractivity contribution in [1.82, 2.24) is 0 Å². The predicted molar refractivity (Wildman–Crippen MR) is 139 cm³/mol. The third kappa shape index (κ3) is 7.15. The van der Waals surface area contributed by atoms with Crippen molar-refractivity contribution in [3.05, 3.63) is 0 Å². The highest BCUT2D eigenvalue weighted by atomic mass is 28.3. The van der Waals surface area contributed by atoms with Crippen LogP contribution in [0.3, 0.4) is 0 Å². The summed E-state index contributed by atoms with van der Waals surface area (Å²) in [7, 11) is -2.42. The lowest BCUT2D eigenvalue weighted by molar-refractivity contribution is -0.270. The summed E-state index contributed by atoms with van der Waals surface area (Å²) < 4.78 is 21.4. The Bertz CT molecular complexity index is 488. The molecule has 0 aromatic carbocycles. The van der Waals surface area contributed by atoms with Gasteiger partial charge < -0.3 is 13.6 Å². The monoisotopic (exact) mass is 470 g/mol. The molecule has 5 heteroatoms. The molecular formula is C26H54O3Si2. The predicted octanol–water partition coefficient (Wildman–Crippen LogP) is 7.24. The van der Waals surface area contributed by atoms with E-state index in [2.05, 4.69) is 67.7 Å². The van der Waals surface area contributed by atoms with Crippen molar-refractivity contribution >= 4 is 18.1 Å². The van der Waals surface area contributed by atoms with E-state index < -0.39 is 18.1 Å². The molecule has 0 N–H and O–H groups in total. The first-order valence-electron chi connectivity index (χ1n) is 13.2. The fourth-order valence-corrected chi connectivity index (χ4v) is 8.72. The summed E-state index contributed by atoms with van der Waals surface area (Å²) in [5.41, 5.74) is -0.238. The lowest BCUT2D eigenvalue weighted by Gasteiger charge is -2.57. The van der Waals surface area contributed by atoms with Gasteiger partial charge in [-0.15, -0.1) is 0 Å². The summed E-state index contributed by atoms with van der Waals surface area (Å²) in [6.45, 7) is 23.4. The Balaban J connectivity index is 2.55. The van der Waals surface area contributed by atoms with Gasteiger partial charge in [0.05, 0.1) is 23.4 Å². The molecule has 2 saturated carbocycles. The first-order chi connectivity index (χ1) is 14.2. The zero-order valence-electron chi connectivity index (χ0n) is 22.6. The van der Waals surface area contributed by atoms with E-state index in [0.717, 1.165) is 25.7 Å². The molecule has 2 unspecified atom stereocenters. The highest BCUT2D eigenvalue weighted by molar-refractivity contribution is 6.48. The highest BCUT2D eigenvalue weighted by Gasteiger charge is 2.56. The van der Waals surface area contributed by atoms with Crippen LogP contribution in [0.5, 0.6) is 0 Å². The van der Waals surface area contributed by atoms with Gasteiger partial charge in [0.25, 0.3) is 0 Å². The molecule has 2 fully saturated rings. The van der Waals surface area contributed by atoms with Crippen molar-refractivity contribution in [2.75, 3.05) is 0 Å². The molecule has 0 bridgehead atoms. The van der Waals surface area contributed by atoms with Crippen LogP contribution in [0.1, 0.15) is 106 Å². The van der Waals surface area contributed by atoms with Gasteiger partial charge in [-0.25, -0.2) is 0 Å². The smallest absolute Gasteiger partial charge is 0.171 e. The molecule has 0 aromatic rings. The normalized spacial score (nSPS) is 24.4. The molecule has 0 heterocycles. The second-order valence-corrected chi connectivity index (χ2v) is 18.0. The van der Waals surface area contributed by atoms with E-state index in [4.69, 9.17) is 13.6 Å². The number of ether oxygens (including phenoxy) is 1. The Labute approximate surface area is 197 Å². The summed E-state index contributed by atoms with van der Waals surface area (Å²) in [5, 5.41) is 0. The van der Waals surface area contributed by atoms with Gasteiger partial charge in [-0.2, -0.15) is 0 Å². The standard InChI is InChI=1S/C26H54O3Si2/c1-23(2,3)21(27-30(7)8)25(17-13-11-14-18-25)29-26(19-15-12-16-20-26)22(24(4,5)6)28-31(9)10/h21-22,30-31H,11-20H2,1-10H3. The summed E-state index contributed by atoms with van der Waals surface area (Å²) in [5.74, 6) is 0. The van der Waals surface area contributed by atoms with E-state index in [-0.39, 0.29) is 34.2 Å². The molecule has 2 atom stereocenters. The molecule has 0 saturated heterocycles. The van der Waals surface area contributed by atoms with Crippen LogP contribution in [0.15, 0.2) is 0 Å². The maximum atomic E-state index is 7.68. The van der Waals surface area contributed by atoms with Crippen molar-refractivity contribution in [3.63, 3.8) is 0 Å². The van der Waals surface area contributed by atoms with Gasteiger partial charge in [0, 0.05) is 0 Å². The topological polar surface area (TPSA) is 27.7 Å². The van der Waals surface area contributed by atoms with Gasteiger partial charge >= 0.3 is 0 Å². The largest absolute Gasteiger partial charge is 0.414 e. The van der Waals surface area contributed by atoms with E-state index in [9.17, 15) is 0 Å². The van der Waals surface area contributed by atoms with E-state index in [1.807, 2.05) is 0 Å². The molecule has 2 rings (SSSR count). The van der Waals surface area contributed by atoms with Crippen LogP contribution in [0, 0.1) is 10.8 Å². The molecule has 2 aliphatic rings. The lowest BCUT2D eigenvalue weighted by atomic mass is 9.68. The van der Waals surface area contributed by atoms with Crippen LogP contribution >= 0.6 is 0 Å². The molecule has 184 valence electrons. The Morgan fingerprint density at radius 1 is 0.548 bits per heavy atom. The van der Waals surface area contributed by atoms with Gasteiger partial charge in [-0.05, 0) is 62.7 Å². The van der Waals surface area contributed by atoms with Crippen LogP contribution in [0.2, 0.25) is 26.2 Å². The van der Waals surface area contributed by atoms with Gasteiger partial charge in [0.15, 0.2) is 18.1 Å². The minimum Gasteiger partial charge on any atom is -0.414 e. The van der Waals surface area contributed by atoms with Crippen molar-refractivity contribution in [3.8, 4) is 0 Å². The van der Waals surface area contributed by atoms with Gasteiger partial charge in [-0.3, -0.25) is 0 Å². The molecular weight excluding hydrogens is 416 g/mol. The molecule has 0 spiro atoms. The summed E-state index contributed by atoms with van der Waals surface area (Å²) >= 11 is 0. The summed E-state index contributed by atoms with van der Waals surface area (Å²) in [6, 6.07) is 0. The van der Waals surface area contributed by atoms with Crippen molar-refractivity contribution < 1.29 is 13.6 Å². The molecule has 0 amide bonds. The van der Waals surface area contributed by atoms with Crippen LogP contribution < -0.4 is 0 Å². The number of hydrogen-bond acceptors (Lipinski definition) is 3. The van der Waals surface area contributed by atoms with E-state index >= 15 is 0 Å².